The minimum atomic E-state index is -0.269. The molecule has 1 aliphatic heterocycles. The summed E-state index contributed by atoms with van der Waals surface area (Å²) in [5.74, 6) is 0.124. The van der Waals surface area contributed by atoms with E-state index < -0.39 is 0 Å². The Morgan fingerprint density at radius 3 is 2.57 bits per heavy atom. The Balaban J connectivity index is 1.62. The fraction of sp³-hybridized carbons (Fsp3) is 0.556. The van der Waals surface area contributed by atoms with Crippen molar-refractivity contribution in [3.8, 4) is 0 Å². The van der Waals surface area contributed by atoms with Crippen molar-refractivity contribution in [3.63, 3.8) is 0 Å². The van der Waals surface area contributed by atoms with Gasteiger partial charge in [-0.3, -0.25) is 4.79 Å². The van der Waals surface area contributed by atoms with Gasteiger partial charge in [-0.15, -0.1) is 0 Å². The third-order valence-electron chi connectivity index (χ3n) is 4.18. The topological polar surface area (TPSA) is 58.6 Å². The average molecular weight is 318 g/mol. The molecule has 0 atom stereocenters. The van der Waals surface area contributed by atoms with Gasteiger partial charge in [-0.25, -0.2) is 4.79 Å². The summed E-state index contributed by atoms with van der Waals surface area (Å²) >= 11 is 0. The van der Waals surface area contributed by atoms with Gasteiger partial charge in [0.1, 0.15) is 0 Å². The molecular formula is C18H26N2O3. The van der Waals surface area contributed by atoms with Crippen LogP contribution in [0.15, 0.2) is 30.3 Å². The molecule has 0 radical (unpaired) electrons. The number of carbonyl (C=O) groups excluding carboxylic acids is 2. The molecule has 1 saturated heterocycles. The van der Waals surface area contributed by atoms with Crippen LogP contribution >= 0.6 is 0 Å². The second-order valence-corrected chi connectivity index (χ2v) is 5.84. The van der Waals surface area contributed by atoms with E-state index in [-0.39, 0.29) is 17.9 Å². The highest BCUT2D eigenvalue weighted by molar-refractivity contribution is 5.79. The van der Waals surface area contributed by atoms with Crippen molar-refractivity contribution in [2.24, 2.45) is 5.92 Å². The second-order valence-electron chi connectivity index (χ2n) is 5.84. The molecule has 0 unspecified atom stereocenters. The normalized spacial score (nSPS) is 15.3. The molecule has 1 N–H and O–H groups in total. The predicted octanol–water partition coefficient (Wildman–Crippen LogP) is 2.60. The van der Waals surface area contributed by atoms with Gasteiger partial charge < -0.3 is 15.0 Å². The molecule has 0 spiro atoms. The zero-order valence-corrected chi connectivity index (χ0v) is 13.8. The van der Waals surface area contributed by atoms with Crippen molar-refractivity contribution < 1.29 is 14.3 Å². The summed E-state index contributed by atoms with van der Waals surface area (Å²) < 4.78 is 4.98. The van der Waals surface area contributed by atoms with Gasteiger partial charge in [-0.05, 0) is 38.2 Å². The van der Waals surface area contributed by atoms with Gasteiger partial charge in [0.2, 0.25) is 5.91 Å². The number of ether oxygens (including phenoxy) is 1. The van der Waals surface area contributed by atoms with E-state index in [2.05, 4.69) is 17.4 Å². The van der Waals surface area contributed by atoms with E-state index in [0.29, 0.717) is 39.1 Å². The third kappa shape index (κ3) is 5.58. The number of hydrogen-bond donors (Lipinski definition) is 1. The second kappa shape index (κ2) is 9.18. The van der Waals surface area contributed by atoms with Crippen LogP contribution in [-0.2, 0) is 16.0 Å². The van der Waals surface area contributed by atoms with Crippen LogP contribution in [0.25, 0.3) is 0 Å². The third-order valence-corrected chi connectivity index (χ3v) is 4.18. The first-order valence-electron chi connectivity index (χ1n) is 8.44. The molecule has 5 nitrogen and oxygen atoms in total. The van der Waals surface area contributed by atoms with Crippen molar-refractivity contribution in [1.29, 1.82) is 0 Å². The Hall–Kier alpha value is -2.04. The maximum atomic E-state index is 12.2. The highest BCUT2D eigenvalue weighted by Gasteiger charge is 2.27. The van der Waals surface area contributed by atoms with Crippen LogP contribution < -0.4 is 5.32 Å². The van der Waals surface area contributed by atoms with Gasteiger partial charge in [0.15, 0.2) is 0 Å². The van der Waals surface area contributed by atoms with Crippen molar-refractivity contribution >= 4 is 12.0 Å². The monoisotopic (exact) mass is 318 g/mol. The van der Waals surface area contributed by atoms with Crippen LogP contribution in [0, 0.1) is 5.92 Å². The molecule has 126 valence electrons. The lowest BCUT2D eigenvalue weighted by molar-refractivity contribution is -0.126. The molecule has 1 heterocycles. The molecule has 0 aliphatic carbocycles. The molecule has 0 bridgehead atoms. The fourth-order valence-electron chi connectivity index (χ4n) is 2.83. The van der Waals surface area contributed by atoms with Crippen LogP contribution in [0.1, 0.15) is 31.7 Å². The lowest BCUT2D eigenvalue weighted by Gasteiger charge is -2.30. The summed E-state index contributed by atoms with van der Waals surface area (Å²) in [5, 5.41) is 3.02. The lowest BCUT2D eigenvalue weighted by atomic mass is 9.96. The molecule has 1 aromatic rings. The molecule has 1 aliphatic rings. The minimum Gasteiger partial charge on any atom is -0.450 e. The number of hydrogen-bond acceptors (Lipinski definition) is 3. The zero-order chi connectivity index (χ0) is 16.5. The standard InChI is InChI=1S/C18H26N2O3/c1-2-23-18(22)20-13-10-16(11-14-20)17(21)19-12-6-9-15-7-4-3-5-8-15/h3-5,7-8,16H,2,6,9-14H2,1H3,(H,19,21). The average Bonchev–Trinajstić information content (AvgIpc) is 2.60. The summed E-state index contributed by atoms with van der Waals surface area (Å²) in [5.41, 5.74) is 1.30. The van der Waals surface area contributed by atoms with Crippen molar-refractivity contribution in [1.82, 2.24) is 10.2 Å². The van der Waals surface area contributed by atoms with Crippen molar-refractivity contribution in [2.45, 2.75) is 32.6 Å². The minimum absolute atomic E-state index is 0.0115. The zero-order valence-electron chi connectivity index (χ0n) is 13.8. The maximum Gasteiger partial charge on any atom is 0.409 e. The van der Waals surface area contributed by atoms with Crippen LogP contribution in [0.2, 0.25) is 0 Å². The number of amides is 2. The largest absolute Gasteiger partial charge is 0.450 e. The van der Waals surface area contributed by atoms with Crippen LogP contribution in [-0.4, -0.2) is 43.1 Å². The summed E-state index contributed by atoms with van der Waals surface area (Å²) in [6.45, 7) is 4.09. The van der Waals surface area contributed by atoms with Gasteiger partial charge in [0.25, 0.3) is 0 Å². The molecule has 0 saturated carbocycles. The van der Waals surface area contributed by atoms with E-state index in [9.17, 15) is 9.59 Å². The first-order chi connectivity index (χ1) is 11.2. The van der Waals surface area contributed by atoms with Gasteiger partial charge in [0.05, 0.1) is 6.61 Å². The molecule has 2 rings (SSSR count). The molecular weight excluding hydrogens is 292 g/mol. The Morgan fingerprint density at radius 1 is 1.22 bits per heavy atom. The summed E-state index contributed by atoms with van der Waals surface area (Å²) in [6.07, 6.45) is 3.07. The van der Waals surface area contributed by atoms with Gasteiger partial charge in [0, 0.05) is 25.6 Å². The number of likely N-dealkylation sites (tertiary alicyclic amines) is 1. The molecule has 0 aromatic heterocycles. The summed E-state index contributed by atoms with van der Waals surface area (Å²) in [6, 6.07) is 10.3. The highest BCUT2D eigenvalue weighted by atomic mass is 16.6. The quantitative estimate of drug-likeness (QED) is 0.820. The summed E-state index contributed by atoms with van der Waals surface area (Å²) in [7, 11) is 0. The number of rotatable bonds is 6. The number of nitrogens with zero attached hydrogens (tertiary/aromatic N) is 1. The maximum absolute atomic E-state index is 12.2. The SMILES string of the molecule is CCOC(=O)N1CCC(C(=O)NCCCc2ccccc2)CC1. The van der Waals surface area contributed by atoms with Crippen LogP contribution in [0.5, 0.6) is 0 Å². The molecule has 1 aromatic carbocycles. The van der Waals surface area contributed by atoms with E-state index in [1.54, 1.807) is 11.8 Å². The Kier molecular flexibility index (Phi) is 6.91. The molecule has 23 heavy (non-hydrogen) atoms. The Morgan fingerprint density at radius 2 is 1.91 bits per heavy atom. The van der Waals surface area contributed by atoms with E-state index >= 15 is 0 Å². The Labute approximate surface area is 138 Å². The van der Waals surface area contributed by atoms with Gasteiger partial charge in [-0.1, -0.05) is 30.3 Å². The van der Waals surface area contributed by atoms with Crippen LogP contribution in [0.4, 0.5) is 4.79 Å². The van der Waals surface area contributed by atoms with E-state index in [0.717, 1.165) is 12.8 Å². The number of nitrogens with one attached hydrogen (secondary N) is 1. The summed E-state index contributed by atoms with van der Waals surface area (Å²) in [4.78, 5) is 25.5. The number of carbonyl (C=O) groups is 2. The smallest absolute Gasteiger partial charge is 0.409 e. The van der Waals surface area contributed by atoms with E-state index in [4.69, 9.17) is 4.74 Å². The number of aryl methyl sites for hydroxylation is 1. The van der Waals surface area contributed by atoms with Gasteiger partial charge >= 0.3 is 6.09 Å². The molecule has 5 heteroatoms. The number of benzene rings is 1. The van der Waals surface area contributed by atoms with Crippen molar-refractivity contribution in [3.05, 3.63) is 35.9 Å². The lowest BCUT2D eigenvalue weighted by Crippen LogP contribution is -2.43. The van der Waals surface area contributed by atoms with E-state index in [1.807, 2.05) is 18.2 Å². The number of piperidine rings is 1. The van der Waals surface area contributed by atoms with Crippen molar-refractivity contribution in [2.75, 3.05) is 26.2 Å². The molecule has 1 fully saturated rings. The molecule has 2 amide bonds. The first kappa shape index (κ1) is 17.3. The van der Waals surface area contributed by atoms with Gasteiger partial charge in [-0.2, -0.15) is 0 Å². The first-order valence-corrected chi connectivity index (χ1v) is 8.44. The highest BCUT2D eigenvalue weighted by Crippen LogP contribution is 2.18. The Bertz CT molecular complexity index is 496. The van der Waals surface area contributed by atoms with E-state index in [1.165, 1.54) is 5.56 Å². The van der Waals surface area contributed by atoms with Crippen LogP contribution in [0.3, 0.4) is 0 Å². The fourth-order valence-corrected chi connectivity index (χ4v) is 2.83. The predicted molar refractivity (Wildman–Crippen MR) is 89.1 cm³/mol.